The number of ether oxygens (including phenoxy) is 2. The van der Waals surface area contributed by atoms with Crippen LogP contribution in [0.3, 0.4) is 0 Å². The highest BCUT2D eigenvalue weighted by molar-refractivity contribution is 14.0. The molecule has 2 unspecified atom stereocenters. The Labute approximate surface area is 191 Å². The fourth-order valence-electron chi connectivity index (χ4n) is 2.84. The first-order valence-corrected chi connectivity index (χ1v) is 10.1. The number of nitrogens with zero attached hydrogens (tertiary/aromatic N) is 2. The van der Waals surface area contributed by atoms with Crippen molar-refractivity contribution in [3.05, 3.63) is 35.9 Å². The first-order chi connectivity index (χ1) is 13.6. The number of rotatable bonds is 10. The summed E-state index contributed by atoms with van der Waals surface area (Å²) in [6.45, 7) is 5.10. The third kappa shape index (κ3) is 10.3. The average Bonchev–Trinajstić information content (AvgIpc) is 3.22. The van der Waals surface area contributed by atoms with Crippen molar-refractivity contribution in [1.82, 2.24) is 15.5 Å². The third-order valence-corrected chi connectivity index (χ3v) is 4.61. The summed E-state index contributed by atoms with van der Waals surface area (Å²) in [5.74, 6) is 0.596. The van der Waals surface area contributed by atoms with Gasteiger partial charge in [-0.05, 0) is 31.7 Å². The van der Waals surface area contributed by atoms with Crippen LogP contribution in [0.25, 0.3) is 0 Å². The van der Waals surface area contributed by atoms with Gasteiger partial charge >= 0.3 is 0 Å². The summed E-state index contributed by atoms with van der Waals surface area (Å²) in [6.07, 6.45) is 3.34. The van der Waals surface area contributed by atoms with Gasteiger partial charge < -0.3 is 25.0 Å². The number of benzene rings is 1. The molecule has 1 aromatic rings. The van der Waals surface area contributed by atoms with E-state index in [9.17, 15) is 4.79 Å². The number of carbonyl (C=O) groups is 1. The molecular formula is C21H35IN4O3. The van der Waals surface area contributed by atoms with Gasteiger partial charge in [0.15, 0.2) is 5.96 Å². The molecule has 2 rings (SSSR count). The molecule has 0 bridgehead atoms. The van der Waals surface area contributed by atoms with Gasteiger partial charge in [0, 0.05) is 33.9 Å². The van der Waals surface area contributed by atoms with Crippen LogP contribution in [0.4, 0.5) is 0 Å². The Kier molecular flexibility index (Phi) is 12.9. The highest BCUT2D eigenvalue weighted by Crippen LogP contribution is 2.12. The summed E-state index contributed by atoms with van der Waals surface area (Å²) in [4.78, 5) is 17.9. The van der Waals surface area contributed by atoms with Crippen LogP contribution in [-0.4, -0.2) is 69.9 Å². The second kappa shape index (κ2) is 14.6. The van der Waals surface area contributed by atoms with Gasteiger partial charge in [0.05, 0.1) is 18.8 Å². The van der Waals surface area contributed by atoms with Crippen molar-refractivity contribution in [1.29, 1.82) is 0 Å². The van der Waals surface area contributed by atoms with Gasteiger partial charge in [0.1, 0.15) is 6.54 Å². The van der Waals surface area contributed by atoms with E-state index in [0.29, 0.717) is 19.2 Å². The van der Waals surface area contributed by atoms with Crippen LogP contribution in [0.5, 0.6) is 0 Å². The zero-order valence-corrected chi connectivity index (χ0v) is 20.1. The van der Waals surface area contributed by atoms with Crippen LogP contribution < -0.4 is 10.6 Å². The molecule has 8 heteroatoms. The second-order valence-corrected chi connectivity index (χ2v) is 7.22. The molecular weight excluding hydrogens is 483 g/mol. The van der Waals surface area contributed by atoms with Crippen LogP contribution in [0.15, 0.2) is 35.3 Å². The van der Waals surface area contributed by atoms with Gasteiger partial charge in [0.2, 0.25) is 5.91 Å². The van der Waals surface area contributed by atoms with Crippen LogP contribution in [0, 0.1) is 0 Å². The first-order valence-electron chi connectivity index (χ1n) is 10.1. The summed E-state index contributed by atoms with van der Waals surface area (Å²) in [6, 6.07) is 10.2. The number of likely N-dealkylation sites (N-methyl/N-ethyl adjacent to an activating group) is 1. The second-order valence-electron chi connectivity index (χ2n) is 7.22. The zero-order chi connectivity index (χ0) is 20.2. The average molecular weight is 518 g/mol. The van der Waals surface area contributed by atoms with Crippen LogP contribution >= 0.6 is 24.0 Å². The van der Waals surface area contributed by atoms with E-state index in [1.54, 1.807) is 19.0 Å². The number of amides is 1. The predicted molar refractivity (Wildman–Crippen MR) is 127 cm³/mol. The lowest BCUT2D eigenvalue weighted by Gasteiger charge is -2.19. The lowest BCUT2D eigenvalue weighted by Crippen LogP contribution is -2.40. The van der Waals surface area contributed by atoms with Gasteiger partial charge in [-0.1, -0.05) is 30.3 Å². The molecule has 0 aliphatic carbocycles. The Bertz CT molecular complexity index is 607. The SMILES string of the molecule is CC(NC(=NCC(=O)N(C)C)NCCCOCC1CCCO1)c1ccccc1.I. The number of hydrogen-bond acceptors (Lipinski definition) is 4. The molecule has 1 amide bonds. The molecule has 0 saturated carbocycles. The van der Waals surface area contributed by atoms with E-state index in [2.05, 4.69) is 34.7 Å². The third-order valence-electron chi connectivity index (χ3n) is 4.61. The molecule has 0 spiro atoms. The minimum atomic E-state index is -0.0339. The fourth-order valence-corrected chi connectivity index (χ4v) is 2.84. The highest BCUT2D eigenvalue weighted by atomic mass is 127. The van der Waals surface area contributed by atoms with E-state index in [0.717, 1.165) is 38.0 Å². The van der Waals surface area contributed by atoms with Crippen molar-refractivity contribution >= 4 is 35.8 Å². The molecule has 0 aromatic heterocycles. The van der Waals surface area contributed by atoms with Crippen molar-refractivity contribution in [2.45, 2.75) is 38.3 Å². The van der Waals surface area contributed by atoms with Crippen LogP contribution in [-0.2, 0) is 14.3 Å². The Morgan fingerprint density at radius 3 is 2.76 bits per heavy atom. The van der Waals surface area contributed by atoms with Crippen molar-refractivity contribution in [3.63, 3.8) is 0 Å². The monoisotopic (exact) mass is 518 g/mol. The smallest absolute Gasteiger partial charge is 0.243 e. The number of aliphatic imine (C=N–C) groups is 1. The molecule has 0 radical (unpaired) electrons. The van der Waals surface area contributed by atoms with Crippen molar-refractivity contribution < 1.29 is 14.3 Å². The van der Waals surface area contributed by atoms with Gasteiger partial charge in [-0.25, -0.2) is 4.99 Å². The molecule has 1 aliphatic heterocycles. The van der Waals surface area contributed by atoms with Gasteiger partial charge in [0.25, 0.3) is 0 Å². The normalized spacial score (nSPS) is 17.3. The van der Waals surface area contributed by atoms with E-state index in [1.165, 1.54) is 0 Å². The molecule has 29 heavy (non-hydrogen) atoms. The lowest BCUT2D eigenvalue weighted by molar-refractivity contribution is -0.127. The Hall–Kier alpha value is -1.39. The largest absolute Gasteiger partial charge is 0.379 e. The van der Waals surface area contributed by atoms with Gasteiger partial charge in [-0.15, -0.1) is 24.0 Å². The molecule has 2 N–H and O–H groups in total. The Morgan fingerprint density at radius 2 is 2.10 bits per heavy atom. The maximum Gasteiger partial charge on any atom is 0.243 e. The van der Waals surface area contributed by atoms with Crippen LogP contribution in [0.1, 0.15) is 37.8 Å². The van der Waals surface area contributed by atoms with Crippen molar-refractivity contribution in [3.8, 4) is 0 Å². The standard InChI is InChI=1S/C21H34N4O3.HI/c1-17(18-9-5-4-6-10-18)24-21(23-15-20(26)25(2)3)22-12-8-13-27-16-19-11-7-14-28-19;/h4-6,9-10,17,19H,7-8,11-16H2,1-3H3,(H2,22,23,24);1H. The quantitative estimate of drug-likeness (QED) is 0.216. The van der Waals surface area contributed by atoms with Crippen molar-refractivity contribution in [2.75, 3.05) is 47.0 Å². The summed E-state index contributed by atoms with van der Waals surface area (Å²) in [5.41, 5.74) is 1.16. The maximum absolute atomic E-state index is 11.9. The predicted octanol–water partition coefficient (Wildman–Crippen LogP) is 2.57. The summed E-state index contributed by atoms with van der Waals surface area (Å²) >= 11 is 0. The summed E-state index contributed by atoms with van der Waals surface area (Å²) in [5, 5.41) is 6.67. The number of halogens is 1. The van der Waals surface area contributed by atoms with Crippen molar-refractivity contribution in [2.24, 2.45) is 4.99 Å². The molecule has 1 aliphatic rings. The van der Waals surface area contributed by atoms with Gasteiger partial charge in [-0.3, -0.25) is 4.79 Å². The molecule has 164 valence electrons. The van der Waals surface area contributed by atoms with E-state index < -0.39 is 0 Å². The fraction of sp³-hybridized carbons (Fsp3) is 0.619. The number of guanidine groups is 1. The molecule has 7 nitrogen and oxygen atoms in total. The number of hydrogen-bond donors (Lipinski definition) is 2. The molecule has 1 aromatic carbocycles. The number of nitrogens with one attached hydrogen (secondary N) is 2. The van der Waals surface area contributed by atoms with E-state index >= 15 is 0 Å². The van der Waals surface area contributed by atoms with Gasteiger partial charge in [-0.2, -0.15) is 0 Å². The Morgan fingerprint density at radius 1 is 1.34 bits per heavy atom. The maximum atomic E-state index is 11.9. The first kappa shape index (κ1) is 25.6. The lowest BCUT2D eigenvalue weighted by atomic mass is 10.1. The highest BCUT2D eigenvalue weighted by Gasteiger charge is 2.15. The number of carbonyl (C=O) groups excluding carboxylic acids is 1. The summed E-state index contributed by atoms with van der Waals surface area (Å²) < 4.78 is 11.2. The van der Waals surface area contributed by atoms with E-state index in [-0.39, 0.29) is 48.6 Å². The molecule has 2 atom stereocenters. The molecule has 1 fully saturated rings. The van der Waals surface area contributed by atoms with Crippen LogP contribution in [0.2, 0.25) is 0 Å². The summed E-state index contributed by atoms with van der Waals surface area (Å²) in [7, 11) is 3.47. The molecule has 1 saturated heterocycles. The topological polar surface area (TPSA) is 75.2 Å². The van der Waals surface area contributed by atoms with E-state index in [4.69, 9.17) is 9.47 Å². The van der Waals surface area contributed by atoms with E-state index in [1.807, 2.05) is 18.2 Å². The minimum absolute atomic E-state index is 0. The minimum Gasteiger partial charge on any atom is -0.379 e. The Balaban J connectivity index is 0.00000420. The zero-order valence-electron chi connectivity index (χ0n) is 17.7. The molecule has 1 heterocycles.